The molecule has 24 heavy (non-hydrogen) atoms. The van der Waals surface area contributed by atoms with Gasteiger partial charge in [0.25, 0.3) is 0 Å². The number of hydrogen-bond acceptors (Lipinski definition) is 4. The fourth-order valence-corrected chi connectivity index (χ4v) is 7.28. The van der Waals surface area contributed by atoms with Crippen LogP contribution in [-0.4, -0.2) is 12.3 Å². The molecule has 6 heteroatoms. The van der Waals surface area contributed by atoms with E-state index in [0.29, 0.717) is 0 Å². The van der Waals surface area contributed by atoms with Gasteiger partial charge in [0, 0.05) is 15.8 Å². The fourth-order valence-electron chi connectivity index (χ4n) is 2.55. The second-order valence-electron chi connectivity index (χ2n) is 5.11. The Kier molecular flexibility index (Phi) is 4.69. The van der Waals surface area contributed by atoms with Crippen LogP contribution in [0.2, 0.25) is 0 Å². The Bertz CT molecular complexity index is 677. The first-order valence-corrected chi connectivity index (χ1v) is 10.7. The summed E-state index contributed by atoms with van der Waals surface area (Å²) >= 11 is 0. The van der Waals surface area contributed by atoms with Gasteiger partial charge >= 0.3 is 0 Å². The first kappa shape index (κ1) is 15.5. The number of furan rings is 4. The molecule has 0 fully saturated rings. The van der Waals surface area contributed by atoms with Crippen molar-refractivity contribution >= 4 is 37.8 Å². The van der Waals surface area contributed by atoms with Gasteiger partial charge < -0.3 is 17.7 Å². The molecule has 0 atom stereocenters. The topological polar surface area (TPSA) is 52.6 Å². The second kappa shape index (κ2) is 7.25. The smallest absolute Gasteiger partial charge is 0.133 e. The molecule has 0 bridgehead atoms. The van der Waals surface area contributed by atoms with Gasteiger partial charge in [-0.05, 0) is 60.9 Å². The SMILES string of the molecule is c1coc(P(CCP(c2ccco2)c2ccco2)c2ccco2)c1. The molecule has 0 radical (unpaired) electrons. The zero-order valence-electron chi connectivity index (χ0n) is 12.9. The van der Waals surface area contributed by atoms with Crippen LogP contribution in [0.4, 0.5) is 0 Å². The molecule has 4 aromatic heterocycles. The van der Waals surface area contributed by atoms with E-state index in [2.05, 4.69) is 0 Å². The van der Waals surface area contributed by atoms with Crippen LogP contribution in [0.25, 0.3) is 0 Å². The van der Waals surface area contributed by atoms with Gasteiger partial charge in [0.05, 0.1) is 25.1 Å². The molecule has 4 heterocycles. The highest BCUT2D eigenvalue weighted by Gasteiger charge is 2.25. The quantitative estimate of drug-likeness (QED) is 0.474. The Morgan fingerprint density at radius 3 is 1.00 bits per heavy atom. The summed E-state index contributed by atoms with van der Waals surface area (Å²) in [6, 6.07) is 15.8. The maximum absolute atomic E-state index is 5.66. The van der Waals surface area contributed by atoms with Crippen molar-refractivity contribution in [2.75, 3.05) is 12.3 Å². The Morgan fingerprint density at radius 2 is 0.792 bits per heavy atom. The van der Waals surface area contributed by atoms with E-state index in [1.165, 1.54) is 0 Å². The summed E-state index contributed by atoms with van der Waals surface area (Å²) in [5.74, 6) is 0. The third kappa shape index (κ3) is 3.26. The summed E-state index contributed by atoms with van der Waals surface area (Å²) in [6.07, 6.45) is 8.77. The molecule has 0 aliphatic carbocycles. The Hall–Kier alpha value is -2.02. The van der Waals surface area contributed by atoms with Crippen LogP contribution in [0.1, 0.15) is 0 Å². The molecule has 0 aromatic carbocycles. The lowest BCUT2D eigenvalue weighted by Crippen LogP contribution is -2.17. The van der Waals surface area contributed by atoms with Crippen molar-refractivity contribution in [2.24, 2.45) is 0 Å². The maximum Gasteiger partial charge on any atom is 0.133 e. The summed E-state index contributed by atoms with van der Waals surface area (Å²) in [4.78, 5) is 0. The van der Waals surface area contributed by atoms with Gasteiger partial charge in [-0.15, -0.1) is 0 Å². The second-order valence-corrected chi connectivity index (χ2v) is 9.48. The maximum atomic E-state index is 5.66. The third-order valence-corrected chi connectivity index (χ3v) is 8.48. The van der Waals surface area contributed by atoms with E-state index in [4.69, 9.17) is 17.7 Å². The highest BCUT2D eigenvalue weighted by molar-refractivity contribution is 7.75. The molecule has 4 nitrogen and oxygen atoms in total. The minimum Gasteiger partial charge on any atom is -0.464 e. The van der Waals surface area contributed by atoms with E-state index < -0.39 is 15.8 Å². The predicted molar refractivity (Wildman–Crippen MR) is 96.9 cm³/mol. The lowest BCUT2D eigenvalue weighted by Gasteiger charge is -2.16. The monoisotopic (exact) mass is 358 g/mol. The third-order valence-electron chi connectivity index (χ3n) is 3.64. The molecule has 4 aromatic rings. The molecule has 0 spiro atoms. The van der Waals surface area contributed by atoms with E-state index in [1.54, 1.807) is 25.1 Å². The van der Waals surface area contributed by atoms with Gasteiger partial charge in [0.2, 0.25) is 0 Å². The molecule has 0 aliphatic heterocycles. The van der Waals surface area contributed by atoms with E-state index in [1.807, 2.05) is 48.5 Å². The van der Waals surface area contributed by atoms with Gasteiger partial charge in [-0.2, -0.15) is 0 Å². The van der Waals surface area contributed by atoms with Gasteiger partial charge in [0.1, 0.15) is 22.0 Å². The first-order valence-electron chi connectivity index (χ1n) is 7.61. The number of hydrogen-bond donors (Lipinski definition) is 0. The van der Waals surface area contributed by atoms with Crippen molar-refractivity contribution in [3.8, 4) is 0 Å². The van der Waals surface area contributed by atoms with Gasteiger partial charge in [-0.3, -0.25) is 0 Å². The summed E-state index contributed by atoms with van der Waals surface area (Å²) < 4.78 is 22.6. The van der Waals surface area contributed by atoms with Crippen molar-refractivity contribution in [3.63, 3.8) is 0 Å². The first-order chi connectivity index (χ1) is 11.9. The largest absolute Gasteiger partial charge is 0.464 e. The predicted octanol–water partition coefficient (Wildman–Crippen LogP) is 3.62. The highest BCUT2D eigenvalue weighted by atomic mass is 31.1. The molecule has 0 saturated heterocycles. The Morgan fingerprint density at radius 1 is 0.500 bits per heavy atom. The van der Waals surface area contributed by atoms with Crippen LogP contribution in [0, 0.1) is 0 Å². The summed E-state index contributed by atoms with van der Waals surface area (Å²) in [7, 11) is -1.32. The molecule has 0 saturated carbocycles. The Labute approximate surface area is 142 Å². The summed E-state index contributed by atoms with van der Waals surface area (Å²) in [5.41, 5.74) is 3.92. The lowest BCUT2D eigenvalue weighted by atomic mass is 10.7. The van der Waals surface area contributed by atoms with E-state index in [9.17, 15) is 0 Å². The molecule has 0 unspecified atom stereocenters. The van der Waals surface area contributed by atoms with Crippen LogP contribution < -0.4 is 22.0 Å². The van der Waals surface area contributed by atoms with Crippen LogP contribution in [0.3, 0.4) is 0 Å². The molecule has 0 amide bonds. The molecule has 122 valence electrons. The van der Waals surface area contributed by atoms with Crippen LogP contribution in [0.15, 0.2) is 91.3 Å². The molecule has 0 N–H and O–H groups in total. The normalized spacial score (nSPS) is 11.6. The zero-order chi connectivity index (χ0) is 16.2. The minimum absolute atomic E-state index is 0.662. The van der Waals surface area contributed by atoms with Crippen molar-refractivity contribution in [1.82, 2.24) is 0 Å². The average Bonchev–Trinajstić information content (AvgIpc) is 3.42. The van der Waals surface area contributed by atoms with E-state index in [0.717, 1.165) is 34.3 Å². The molecule has 4 rings (SSSR count). The Balaban J connectivity index is 1.58. The van der Waals surface area contributed by atoms with E-state index in [-0.39, 0.29) is 0 Å². The van der Waals surface area contributed by atoms with Crippen LogP contribution >= 0.6 is 15.8 Å². The summed E-state index contributed by atoms with van der Waals surface area (Å²) in [6.45, 7) is 0. The van der Waals surface area contributed by atoms with Crippen LogP contribution in [-0.2, 0) is 0 Å². The zero-order valence-corrected chi connectivity index (χ0v) is 14.7. The number of rotatable bonds is 7. The van der Waals surface area contributed by atoms with Crippen molar-refractivity contribution < 1.29 is 17.7 Å². The minimum atomic E-state index is -0.662. The average molecular weight is 358 g/mol. The van der Waals surface area contributed by atoms with Gasteiger partial charge in [-0.1, -0.05) is 0 Å². The fraction of sp³-hybridized carbons (Fsp3) is 0.111. The van der Waals surface area contributed by atoms with Crippen molar-refractivity contribution in [3.05, 3.63) is 73.6 Å². The molecular formula is C18H16O4P2. The highest BCUT2D eigenvalue weighted by Crippen LogP contribution is 2.41. The van der Waals surface area contributed by atoms with Gasteiger partial charge in [-0.25, -0.2) is 0 Å². The molecule has 0 aliphatic rings. The van der Waals surface area contributed by atoms with Crippen molar-refractivity contribution in [1.29, 1.82) is 0 Å². The summed E-state index contributed by atoms with van der Waals surface area (Å²) in [5, 5.41) is 0. The van der Waals surface area contributed by atoms with Crippen molar-refractivity contribution in [2.45, 2.75) is 0 Å². The lowest BCUT2D eigenvalue weighted by molar-refractivity contribution is 0.591. The van der Waals surface area contributed by atoms with Crippen LogP contribution in [0.5, 0.6) is 0 Å². The molecular weight excluding hydrogens is 342 g/mol. The van der Waals surface area contributed by atoms with Gasteiger partial charge in [0.15, 0.2) is 0 Å². The standard InChI is InChI=1S/C18H16O4P2/c1-5-15(19-9-1)23(16-6-2-10-20-16)13-14-24(17-7-3-11-21-17)18-8-4-12-22-18/h1-12H,13-14H2. The van der Waals surface area contributed by atoms with E-state index >= 15 is 0 Å².